The van der Waals surface area contributed by atoms with Gasteiger partial charge < -0.3 is 0 Å². The zero-order valence-corrected chi connectivity index (χ0v) is 11.3. The molecule has 0 aliphatic carbocycles. The summed E-state index contributed by atoms with van der Waals surface area (Å²) >= 11 is 3.34. The molecule has 92 valence electrons. The number of benzene rings is 2. The van der Waals surface area contributed by atoms with Crippen LogP contribution in [0.3, 0.4) is 0 Å². The van der Waals surface area contributed by atoms with Gasteiger partial charge in [-0.1, -0.05) is 46.3 Å². The average molecular weight is 307 g/mol. The molecule has 0 heterocycles. The zero-order chi connectivity index (χ0) is 13.0. The van der Waals surface area contributed by atoms with Crippen molar-refractivity contribution in [3.63, 3.8) is 0 Å². The third kappa shape index (κ3) is 3.50. The molecule has 1 nitrogen and oxygen atoms in total. The maximum Gasteiger partial charge on any atom is 0.141 e. The molecule has 0 fully saturated rings. The van der Waals surface area contributed by atoms with Gasteiger partial charge in [-0.3, -0.25) is 4.79 Å². The number of carbonyl (C=O) groups is 1. The van der Waals surface area contributed by atoms with Gasteiger partial charge in [0, 0.05) is 17.3 Å². The Hall–Kier alpha value is -1.48. The molecule has 0 atom stereocenters. The molecule has 0 N–H and O–H groups in total. The Kier molecular flexibility index (Phi) is 4.26. The number of halogens is 2. The molecule has 2 rings (SSSR count). The van der Waals surface area contributed by atoms with E-state index in [-0.39, 0.29) is 18.0 Å². The predicted molar refractivity (Wildman–Crippen MR) is 73.0 cm³/mol. The molecule has 3 heteroatoms. The minimum absolute atomic E-state index is 0.0161. The number of Topliss-reactive ketones (excluding diaryl/α,β-unsaturated/α-hetero) is 1. The van der Waals surface area contributed by atoms with E-state index in [1.807, 2.05) is 24.3 Å². The summed E-state index contributed by atoms with van der Waals surface area (Å²) in [4.78, 5) is 11.8. The SMILES string of the molecule is O=C(Cc1ccc(Br)cc1)Cc1ccccc1F. The van der Waals surface area contributed by atoms with Crippen molar-refractivity contribution in [3.8, 4) is 0 Å². The molecule has 0 aliphatic rings. The van der Waals surface area contributed by atoms with Crippen molar-refractivity contribution in [1.82, 2.24) is 0 Å². The van der Waals surface area contributed by atoms with Crippen LogP contribution in [0.4, 0.5) is 4.39 Å². The monoisotopic (exact) mass is 306 g/mol. The largest absolute Gasteiger partial charge is 0.299 e. The van der Waals surface area contributed by atoms with Gasteiger partial charge >= 0.3 is 0 Å². The molecule has 0 aromatic heterocycles. The van der Waals surface area contributed by atoms with Crippen LogP contribution in [-0.4, -0.2) is 5.78 Å². The molecule has 0 amide bonds. The van der Waals surface area contributed by atoms with Crippen LogP contribution in [0.5, 0.6) is 0 Å². The maximum absolute atomic E-state index is 13.4. The van der Waals surface area contributed by atoms with Gasteiger partial charge in [0.2, 0.25) is 0 Å². The van der Waals surface area contributed by atoms with Crippen LogP contribution in [0.2, 0.25) is 0 Å². The van der Waals surface area contributed by atoms with Gasteiger partial charge in [0.25, 0.3) is 0 Å². The molecule has 2 aromatic rings. The maximum atomic E-state index is 13.4. The van der Waals surface area contributed by atoms with Crippen LogP contribution in [0.1, 0.15) is 11.1 Å². The van der Waals surface area contributed by atoms with Gasteiger partial charge in [-0.25, -0.2) is 4.39 Å². The molecule has 0 aliphatic heterocycles. The Balaban J connectivity index is 2.01. The van der Waals surface area contributed by atoms with Crippen LogP contribution in [0.15, 0.2) is 53.0 Å². The van der Waals surface area contributed by atoms with Crippen molar-refractivity contribution in [2.75, 3.05) is 0 Å². The van der Waals surface area contributed by atoms with E-state index in [1.54, 1.807) is 18.2 Å². The van der Waals surface area contributed by atoms with Gasteiger partial charge in [-0.15, -0.1) is 0 Å². The summed E-state index contributed by atoms with van der Waals surface area (Å²) in [5.41, 5.74) is 1.40. The summed E-state index contributed by atoms with van der Waals surface area (Å²) in [6.45, 7) is 0. The average Bonchev–Trinajstić information content (AvgIpc) is 2.35. The first kappa shape index (κ1) is 13.0. The molecule has 18 heavy (non-hydrogen) atoms. The lowest BCUT2D eigenvalue weighted by atomic mass is 10.0. The van der Waals surface area contributed by atoms with Crippen molar-refractivity contribution in [2.45, 2.75) is 12.8 Å². The highest BCUT2D eigenvalue weighted by atomic mass is 79.9. The predicted octanol–water partition coefficient (Wildman–Crippen LogP) is 3.94. The summed E-state index contributed by atoms with van der Waals surface area (Å²) in [5.74, 6) is -0.302. The van der Waals surface area contributed by atoms with E-state index in [0.29, 0.717) is 12.0 Å². The lowest BCUT2D eigenvalue weighted by molar-refractivity contribution is -0.117. The van der Waals surface area contributed by atoms with Crippen molar-refractivity contribution in [1.29, 1.82) is 0 Å². The van der Waals surface area contributed by atoms with Crippen molar-refractivity contribution in [2.24, 2.45) is 0 Å². The number of hydrogen-bond acceptors (Lipinski definition) is 1. The number of rotatable bonds is 4. The summed E-state index contributed by atoms with van der Waals surface area (Å²) in [7, 11) is 0. The fourth-order valence-corrected chi connectivity index (χ4v) is 2.01. The standard InChI is InChI=1S/C15H12BrFO/c16-13-7-5-11(6-8-13)9-14(18)10-12-3-1-2-4-15(12)17/h1-8H,9-10H2. The number of ketones is 1. The second-order valence-electron chi connectivity index (χ2n) is 4.11. The first-order chi connectivity index (χ1) is 8.65. The topological polar surface area (TPSA) is 17.1 Å². The lowest BCUT2D eigenvalue weighted by Crippen LogP contribution is -2.07. The number of hydrogen-bond donors (Lipinski definition) is 0. The Labute approximate surface area is 114 Å². The second kappa shape index (κ2) is 5.91. The second-order valence-corrected chi connectivity index (χ2v) is 5.03. The van der Waals surface area contributed by atoms with Gasteiger partial charge in [-0.05, 0) is 29.3 Å². The van der Waals surface area contributed by atoms with Crippen LogP contribution in [0, 0.1) is 5.82 Å². The quantitative estimate of drug-likeness (QED) is 0.836. The van der Waals surface area contributed by atoms with Crippen LogP contribution in [-0.2, 0) is 17.6 Å². The highest BCUT2D eigenvalue weighted by Gasteiger charge is 2.08. The molecule has 0 unspecified atom stereocenters. The highest BCUT2D eigenvalue weighted by Crippen LogP contribution is 2.13. The summed E-state index contributed by atoms with van der Waals surface area (Å²) in [6.07, 6.45) is 0.477. The molecule has 0 spiro atoms. The third-order valence-electron chi connectivity index (χ3n) is 2.66. The van der Waals surface area contributed by atoms with Gasteiger partial charge in [0.05, 0.1) is 0 Å². The van der Waals surface area contributed by atoms with Crippen LogP contribution >= 0.6 is 15.9 Å². The van der Waals surface area contributed by atoms with Gasteiger partial charge in [-0.2, -0.15) is 0 Å². The Bertz CT molecular complexity index is 549. The fraction of sp³-hybridized carbons (Fsp3) is 0.133. The first-order valence-electron chi connectivity index (χ1n) is 5.65. The molecular weight excluding hydrogens is 295 g/mol. The van der Waals surface area contributed by atoms with Gasteiger partial charge in [0.15, 0.2) is 0 Å². The Morgan fingerprint density at radius 3 is 2.33 bits per heavy atom. The van der Waals surface area contributed by atoms with Crippen molar-refractivity contribution < 1.29 is 9.18 Å². The third-order valence-corrected chi connectivity index (χ3v) is 3.19. The van der Waals surface area contributed by atoms with E-state index in [9.17, 15) is 9.18 Å². The molecule has 0 saturated carbocycles. The van der Waals surface area contributed by atoms with E-state index in [1.165, 1.54) is 6.07 Å². The molecule has 0 radical (unpaired) electrons. The summed E-state index contributed by atoms with van der Waals surface area (Å²) < 4.78 is 14.4. The zero-order valence-electron chi connectivity index (χ0n) is 9.70. The highest BCUT2D eigenvalue weighted by molar-refractivity contribution is 9.10. The Morgan fingerprint density at radius 2 is 1.67 bits per heavy atom. The number of carbonyl (C=O) groups excluding carboxylic acids is 1. The van der Waals surface area contributed by atoms with Gasteiger partial charge in [0.1, 0.15) is 11.6 Å². The van der Waals surface area contributed by atoms with Crippen LogP contribution < -0.4 is 0 Å². The van der Waals surface area contributed by atoms with E-state index in [4.69, 9.17) is 0 Å². The van der Waals surface area contributed by atoms with Crippen molar-refractivity contribution >= 4 is 21.7 Å². The normalized spacial score (nSPS) is 10.3. The molecule has 0 saturated heterocycles. The fourth-order valence-electron chi connectivity index (χ4n) is 1.75. The molecular formula is C15H12BrFO. The van der Waals surface area contributed by atoms with E-state index < -0.39 is 0 Å². The minimum atomic E-state index is -0.318. The lowest BCUT2D eigenvalue weighted by Gasteiger charge is -2.03. The Morgan fingerprint density at radius 1 is 1.00 bits per heavy atom. The molecule has 0 bridgehead atoms. The van der Waals surface area contributed by atoms with Crippen molar-refractivity contribution in [3.05, 3.63) is 69.9 Å². The minimum Gasteiger partial charge on any atom is -0.299 e. The van der Waals surface area contributed by atoms with Crippen LogP contribution in [0.25, 0.3) is 0 Å². The van der Waals surface area contributed by atoms with E-state index >= 15 is 0 Å². The molecule has 2 aromatic carbocycles. The van der Waals surface area contributed by atoms with E-state index in [0.717, 1.165) is 10.0 Å². The van der Waals surface area contributed by atoms with E-state index in [2.05, 4.69) is 15.9 Å². The smallest absolute Gasteiger partial charge is 0.141 e. The first-order valence-corrected chi connectivity index (χ1v) is 6.44. The summed E-state index contributed by atoms with van der Waals surface area (Å²) in [5, 5.41) is 0. The summed E-state index contributed by atoms with van der Waals surface area (Å²) in [6, 6.07) is 14.0.